The van der Waals surface area contributed by atoms with Crippen molar-refractivity contribution in [3.05, 3.63) is 0 Å². The van der Waals surface area contributed by atoms with Crippen LogP contribution in [0.2, 0.25) is 0 Å². The van der Waals surface area contributed by atoms with E-state index in [4.69, 9.17) is 0 Å². The van der Waals surface area contributed by atoms with E-state index in [0.717, 1.165) is 13.0 Å². The highest BCUT2D eigenvalue weighted by atomic mass is 16.5. The highest BCUT2D eigenvalue weighted by molar-refractivity contribution is 5.69. The van der Waals surface area contributed by atoms with Gasteiger partial charge in [0.1, 0.15) is 0 Å². The summed E-state index contributed by atoms with van der Waals surface area (Å²) in [5, 5.41) is 9.41. The van der Waals surface area contributed by atoms with Crippen molar-refractivity contribution in [3.63, 3.8) is 0 Å². The van der Waals surface area contributed by atoms with Crippen LogP contribution < -0.4 is 0 Å². The van der Waals surface area contributed by atoms with Crippen molar-refractivity contribution in [2.75, 3.05) is 26.7 Å². The number of hydrogen-bond acceptors (Lipinski definition) is 4. The summed E-state index contributed by atoms with van der Waals surface area (Å²) in [5.74, 6) is -0.160. The molecule has 4 heteroatoms. The minimum atomic E-state index is -0.509. The summed E-state index contributed by atoms with van der Waals surface area (Å²) in [6.45, 7) is 4.12. The number of hydrogen-bond donors (Lipinski definition) is 1. The molecule has 1 rings (SSSR count). The van der Waals surface area contributed by atoms with Crippen molar-refractivity contribution >= 4 is 5.97 Å². The Morgan fingerprint density at radius 2 is 2.23 bits per heavy atom. The van der Waals surface area contributed by atoms with E-state index in [0.29, 0.717) is 19.5 Å². The van der Waals surface area contributed by atoms with E-state index in [2.05, 4.69) is 9.64 Å². The molecule has 0 saturated carbocycles. The standard InChI is InChI=1S/C9H17NO3/c1-9(12)6-10(7-9)5-3-4-8(11)13-2/h12H,3-7H2,1-2H3. The molecule has 1 fully saturated rings. The summed E-state index contributed by atoms with van der Waals surface area (Å²) in [5.41, 5.74) is -0.509. The second kappa shape index (κ2) is 4.07. The molecule has 1 N–H and O–H groups in total. The SMILES string of the molecule is COC(=O)CCCN1CC(C)(O)C1. The Bertz CT molecular complexity index is 183. The number of carbonyl (C=O) groups is 1. The van der Waals surface area contributed by atoms with E-state index in [-0.39, 0.29) is 5.97 Å². The Balaban J connectivity index is 2.00. The number of methoxy groups -OCH3 is 1. The quantitative estimate of drug-likeness (QED) is 0.630. The van der Waals surface area contributed by atoms with Crippen LogP contribution in [0.15, 0.2) is 0 Å². The molecule has 76 valence electrons. The topological polar surface area (TPSA) is 49.8 Å². The first-order chi connectivity index (χ1) is 6.03. The predicted molar refractivity (Wildman–Crippen MR) is 48.3 cm³/mol. The minimum Gasteiger partial charge on any atom is -0.469 e. The van der Waals surface area contributed by atoms with Crippen molar-refractivity contribution in [1.29, 1.82) is 0 Å². The lowest BCUT2D eigenvalue weighted by atomic mass is 9.97. The Kier molecular flexibility index (Phi) is 3.27. The van der Waals surface area contributed by atoms with Crippen LogP contribution in [0.25, 0.3) is 0 Å². The van der Waals surface area contributed by atoms with E-state index in [1.807, 2.05) is 6.92 Å². The summed E-state index contributed by atoms with van der Waals surface area (Å²) < 4.78 is 4.52. The summed E-state index contributed by atoms with van der Waals surface area (Å²) in [6.07, 6.45) is 1.28. The molecule has 0 bridgehead atoms. The molecule has 1 aliphatic heterocycles. The molecule has 1 saturated heterocycles. The Morgan fingerprint density at radius 1 is 1.62 bits per heavy atom. The molecule has 0 radical (unpaired) electrons. The summed E-state index contributed by atoms with van der Waals surface area (Å²) in [6, 6.07) is 0. The van der Waals surface area contributed by atoms with Gasteiger partial charge in [-0.25, -0.2) is 0 Å². The highest BCUT2D eigenvalue weighted by Gasteiger charge is 2.35. The lowest BCUT2D eigenvalue weighted by Crippen LogP contribution is -2.59. The van der Waals surface area contributed by atoms with E-state index in [9.17, 15) is 9.90 Å². The minimum absolute atomic E-state index is 0.160. The van der Waals surface area contributed by atoms with Crippen molar-refractivity contribution in [3.8, 4) is 0 Å². The molecule has 1 aliphatic rings. The van der Waals surface area contributed by atoms with Gasteiger partial charge in [-0.2, -0.15) is 0 Å². The first-order valence-electron chi connectivity index (χ1n) is 4.55. The zero-order valence-electron chi connectivity index (χ0n) is 8.25. The smallest absolute Gasteiger partial charge is 0.305 e. The lowest BCUT2D eigenvalue weighted by Gasteiger charge is -2.44. The van der Waals surface area contributed by atoms with Crippen molar-refractivity contribution in [2.45, 2.75) is 25.4 Å². The maximum atomic E-state index is 10.7. The van der Waals surface area contributed by atoms with Gasteiger partial charge in [0.15, 0.2) is 0 Å². The molecule has 0 aromatic heterocycles. The van der Waals surface area contributed by atoms with Gasteiger partial charge in [0.25, 0.3) is 0 Å². The second-order valence-electron chi connectivity index (χ2n) is 3.89. The van der Waals surface area contributed by atoms with E-state index in [1.54, 1.807) is 0 Å². The largest absolute Gasteiger partial charge is 0.469 e. The van der Waals surface area contributed by atoms with Gasteiger partial charge in [0, 0.05) is 19.5 Å². The third kappa shape index (κ3) is 3.32. The van der Waals surface area contributed by atoms with Crippen LogP contribution >= 0.6 is 0 Å². The number of nitrogens with zero attached hydrogens (tertiary/aromatic N) is 1. The molecule has 0 atom stereocenters. The fraction of sp³-hybridized carbons (Fsp3) is 0.889. The van der Waals surface area contributed by atoms with Crippen LogP contribution in [0.5, 0.6) is 0 Å². The normalized spacial score (nSPS) is 20.8. The van der Waals surface area contributed by atoms with Gasteiger partial charge in [-0.15, -0.1) is 0 Å². The van der Waals surface area contributed by atoms with Crippen LogP contribution in [0.3, 0.4) is 0 Å². The molecule has 1 heterocycles. The summed E-state index contributed by atoms with van der Waals surface area (Å²) in [7, 11) is 1.40. The van der Waals surface area contributed by atoms with E-state index >= 15 is 0 Å². The van der Waals surface area contributed by atoms with Crippen LogP contribution in [-0.2, 0) is 9.53 Å². The molecule has 4 nitrogen and oxygen atoms in total. The first kappa shape index (κ1) is 10.5. The molecular formula is C9H17NO3. The Hall–Kier alpha value is -0.610. The van der Waals surface area contributed by atoms with Crippen molar-refractivity contribution < 1.29 is 14.6 Å². The molecule has 13 heavy (non-hydrogen) atoms. The van der Waals surface area contributed by atoms with Gasteiger partial charge < -0.3 is 9.84 Å². The maximum absolute atomic E-state index is 10.7. The van der Waals surface area contributed by atoms with Crippen molar-refractivity contribution in [2.24, 2.45) is 0 Å². The molecule has 0 aromatic carbocycles. The van der Waals surface area contributed by atoms with Gasteiger partial charge >= 0.3 is 5.97 Å². The number of likely N-dealkylation sites (tertiary alicyclic amines) is 1. The van der Waals surface area contributed by atoms with Gasteiger partial charge in [0.05, 0.1) is 12.7 Å². The van der Waals surface area contributed by atoms with Gasteiger partial charge in [-0.05, 0) is 19.9 Å². The monoisotopic (exact) mass is 187 g/mol. The summed E-state index contributed by atoms with van der Waals surface area (Å²) in [4.78, 5) is 12.9. The molecule has 0 unspecified atom stereocenters. The molecule has 0 aromatic rings. The highest BCUT2D eigenvalue weighted by Crippen LogP contribution is 2.19. The van der Waals surface area contributed by atoms with Crippen LogP contribution in [0.4, 0.5) is 0 Å². The van der Waals surface area contributed by atoms with Crippen LogP contribution in [0.1, 0.15) is 19.8 Å². The fourth-order valence-corrected chi connectivity index (χ4v) is 1.62. The average Bonchev–Trinajstić information content (AvgIpc) is 2.00. The zero-order chi connectivity index (χ0) is 9.90. The molecule has 0 aliphatic carbocycles. The molecule has 0 spiro atoms. The molecule has 0 amide bonds. The number of esters is 1. The van der Waals surface area contributed by atoms with Crippen LogP contribution in [-0.4, -0.2) is 48.3 Å². The summed E-state index contributed by atoms with van der Waals surface area (Å²) >= 11 is 0. The first-order valence-corrected chi connectivity index (χ1v) is 4.55. The predicted octanol–water partition coefficient (Wildman–Crippen LogP) is 0.00620. The Labute approximate surface area is 78.5 Å². The number of ether oxygens (including phenoxy) is 1. The average molecular weight is 187 g/mol. The van der Waals surface area contributed by atoms with E-state index < -0.39 is 5.60 Å². The lowest BCUT2D eigenvalue weighted by molar-refractivity contribution is -0.141. The number of rotatable bonds is 4. The van der Waals surface area contributed by atoms with Crippen LogP contribution in [0, 0.1) is 0 Å². The van der Waals surface area contributed by atoms with Gasteiger partial charge in [-0.3, -0.25) is 9.69 Å². The number of aliphatic hydroxyl groups is 1. The van der Waals surface area contributed by atoms with Gasteiger partial charge in [-0.1, -0.05) is 0 Å². The number of carbonyl (C=O) groups excluding carboxylic acids is 1. The van der Waals surface area contributed by atoms with E-state index in [1.165, 1.54) is 7.11 Å². The Morgan fingerprint density at radius 3 is 2.69 bits per heavy atom. The third-order valence-electron chi connectivity index (χ3n) is 2.21. The zero-order valence-corrected chi connectivity index (χ0v) is 8.25. The second-order valence-corrected chi connectivity index (χ2v) is 3.89. The third-order valence-corrected chi connectivity index (χ3v) is 2.21. The van der Waals surface area contributed by atoms with Crippen molar-refractivity contribution in [1.82, 2.24) is 4.90 Å². The molecular weight excluding hydrogens is 170 g/mol. The number of β-amino-alcohol motifs (C(OH)–C–C–N with tert-alkyl or cyclic N) is 1. The maximum Gasteiger partial charge on any atom is 0.305 e. The van der Waals surface area contributed by atoms with Gasteiger partial charge in [0.2, 0.25) is 0 Å². The fourth-order valence-electron chi connectivity index (χ4n) is 1.62.